The van der Waals surface area contributed by atoms with Gasteiger partial charge in [0.1, 0.15) is 0 Å². The zero-order chi connectivity index (χ0) is 14.4. The molecule has 0 radical (unpaired) electrons. The molecular formula is C16H25NO2. The number of aliphatic carboxylic acids is 1. The van der Waals surface area contributed by atoms with E-state index in [1.54, 1.807) is 0 Å². The predicted octanol–water partition coefficient (Wildman–Crippen LogP) is 2.97. The maximum atomic E-state index is 10.7. The van der Waals surface area contributed by atoms with Crippen LogP contribution < -0.4 is 0 Å². The maximum absolute atomic E-state index is 10.7. The van der Waals surface area contributed by atoms with E-state index in [0.717, 1.165) is 6.42 Å². The fourth-order valence-electron chi connectivity index (χ4n) is 2.30. The number of nitrogens with zero attached hydrogens (tertiary/aromatic N) is 1. The Hall–Kier alpha value is -1.35. The molecule has 0 saturated heterocycles. The molecule has 3 heteroatoms. The third kappa shape index (κ3) is 5.43. The van der Waals surface area contributed by atoms with Gasteiger partial charge in [0.05, 0.1) is 6.42 Å². The fourth-order valence-corrected chi connectivity index (χ4v) is 2.30. The number of carbonyl (C=O) groups is 1. The molecule has 19 heavy (non-hydrogen) atoms. The molecule has 1 N–H and O–H groups in total. The molecule has 0 amide bonds. The van der Waals surface area contributed by atoms with Crippen molar-refractivity contribution in [2.75, 3.05) is 13.6 Å². The second-order valence-corrected chi connectivity index (χ2v) is 5.63. The molecule has 0 aliphatic carbocycles. The Morgan fingerprint density at radius 3 is 2.32 bits per heavy atom. The van der Waals surface area contributed by atoms with Gasteiger partial charge in [0.25, 0.3) is 0 Å². The van der Waals surface area contributed by atoms with Crippen LogP contribution in [0.25, 0.3) is 0 Å². The summed E-state index contributed by atoms with van der Waals surface area (Å²) in [7, 11) is 2.02. The first kappa shape index (κ1) is 15.7. The molecule has 0 fully saturated rings. The molecular weight excluding hydrogens is 238 g/mol. The highest BCUT2D eigenvalue weighted by molar-refractivity contribution is 5.66. The first-order chi connectivity index (χ1) is 8.90. The highest BCUT2D eigenvalue weighted by Crippen LogP contribution is 2.16. The third-order valence-electron chi connectivity index (χ3n) is 3.58. The Labute approximate surface area is 116 Å². The van der Waals surface area contributed by atoms with Gasteiger partial charge in [0.2, 0.25) is 0 Å². The number of rotatable bonds is 7. The van der Waals surface area contributed by atoms with Crippen LogP contribution in [0, 0.1) is 12.8 Å². The second-order valence-electron chi connectivity index (χ2n) is 5.63. The standard InChI is InChI=1S/C16H25NO2/c1-12(2)15(17(4)10-9-16(18)19)11-14-7-5-13(3)6-8-14/h5-8,12,15H,9-11H2,1-4H3,(H,18,19). The summed E-state index contributed by atoms with van der Waals surface area (Å²) < 4.78 is 0. The van der Waals surface area contributed by atoms with Crippen molar-refractivity contribution in [3.63, 3.8) is 0 Å². The van der Waals surface area contributed by atoms with E-state index in [1.807, 2.05) is 7.05 Å². The summed E-state index contributed by atoms with van der Waals surface area (Å²) in [6.45, 7) is 7.07. The van der Waals surface area contributed by atoms with Crippen molar-refractivity contribution in [2.45, 2.75) is 39.7 Å². The molecule has 106 valence electrons. The summed E-state index contributed by atoms with van der Waals surface area (Å²) >= 11 is 0. The first-order valence-corrected chi connectivity index (χ1v) is 6.87. The van der Waals surface area contributed by atoms with Crippen molar-refractivity contribution >= 4 is 5.97 Å². The molecule has 1 atom stereocenters. The number of hydrogen-bond donors (Lipinski definition) is 1. The predicted molar refractivity (Wildman–Crippen MR) is 78.4 cm³/mol. The lowest BCUT2D eigenvalue weighted by molar-refractivity contribution is -0.137. The van der Waals surface area contributed by atoms with Crippen molar-refractivity contribution in [3.8, 4) is 0 Å². The topological polar surface area (TPSA) is 40.5 Å². The lowest BCUT2D eigenvalue weighted by Gasteiger charge is -2.31. The number of hydrogen-bond acceptors (Lipinski definition) is 2. The normalized spacial score (nSPS) is 12.9. The third-order valence-corrected chi connectivity index (χ3v) is 3.58. The van der Waals surface area contributed by atoms with Crippen molar-refractivity contribution in [1.82, 2.24) is 4.90 Å². The Morgan fingerprint density at radius 2 is 1.84 bits per heavy atom. The van der Waals surface area contributed by atoms with Crippen LogP contribution in [0.1, 0.15) is 31.4 Å². The smallest absolute Gasteiger partial charge is 0.304 e. The molecule has 0 aromatic heterocycles. The SMILES string of the molecule is Cc1ccc(CC(C(C)C)N(C)CCC(=O)O)cc1. The van der Waals surface area contributed by atoms with Gasteiger partial charge in [0.15, 0.2) is 0 Å². The number of carboxylic acid groups (broad SMARTS) is 1. The minimum absolute atomic E-state index is 0.202. The first-order valence-electron chi connectivity index (χ1n) is 6.87. The van der Waals surface area contributed by atoms with Gasteiger partial charge in [0, 0.05) is 12.6 Å². The van der Waals surface area contributed by atoms with E-state index in [9.17, 15) is 4.79 Å². The molecule has 0 saturated carbocycles. The van der Waals surface area contributed by atoms with Gasteiger partial charge >= 0.3 is 5.97 Å². The van der Waals surface area contributed by atoms with Gasteiger partial charge in [-0.25, -0.2) is 0 Å². The summed E-state index contributed by atoms with van der Waals surface area (Å²) in [6.07, 6.45) is 1.17. The Balaban J connectivity index is 2.66. The number of likely N-dealkylation sites (N-methyl/N-ethyl adjacent to an activating group) is 1. The monoisotopic (exact) mass is 263 g/mol. The molecule has 0 aliphatic heterocycles. The van der Waals surface area contributed by atoms with Crippen LogP contribution in [0.3, 0.4) is 0 Å². The van der Waals surface area contributed by atoms with Gasteiger partial charge in [-0.05, 0) is 31.9 Å². The number of carboxylic acids is 1. The lowest BCUT2D eigenvalue weighted by Crippen LogP contribution is -2.39. The van der Waals surface area contributed by atoms with Crippen LogP contribution in [-0.4, -0.2) is 35.6 Å². The summed E-state index contributed by atoms with van der Waals surface area (Å²) in [5.74, 6) is -0.232. The van der Waals surface area contributed by atoms with E-state index in [-0.39, 0.29) is 6.42 Å². The zero-order valence-corrected chi connectivity index (χ0v) is 12.4. The van der Waals surface area contributed by atoms with E-state index in [4.69, 9.17) is 5.11 Å². The van der Waals surface area contributed by atoms with Crippen LogP contribution in [0.5, 0.6) is 0 Å². The quantitative estimate of drug-likeness (QED) is 0.822. The molecule has 0 spiro atoms. The number of aryl methyl sites for hydroxylation is 1. The van der Waals surface area contributed by atoms with E-state index >= 15 is 0 Å². The molecule has 1 aromatic carbocycles. The summed E-state index contributed by atoms with van der Waals surface area (Å²) in [6, 6.07) is 8.96. The van der Waals surface area contributed by atoms with E-state index in [2.05, 4.69) is 49.9 Å². The lowest BCUT2D eigenvalue weighted by atomic mass is 9.94. The molecule has 1 unspecified atom stereocenters. The van der Waals surface area contributed by atoms with Gasteiger partial charge in [-0.2, -0.15) is 0 Å². The Kier molecular flexibility index (Phi) is 6.03. The molecule has 0 bridgehead atoms. The Bertz CT molecular complexity index is 398. The Morgan fingerprint density at radius 1 is 1.26 bits per heavy atom. The van der Waals surface area contributed by atoms with Gasteiger partial charge in [-0.15, -0.1) is 0 Å². The van der Waals surface area contributed by atoms with Crippen LogP contribution >= 0.6 is 0 Å². The van der Waals surface area contributed by atoms with Crippen molar-refractivity contribution in [1.29, 1.82) is 0 Å². The van der Waals surface area contributed by atoms with E-state index in [1.165, 1.54) is 11.1 Å². The average molecular weight is 263 g/mol. The highest BCUT2D eigenvalue weighted by atomic mass is 16.4. The fraction of sp³-hybridized carbons (Fsp3) is 0.562. The number of benzene rings is 1. The minimum atomic E-state index is -0.732. The molecule has 3 nitrogen and oxygen atoms in total. The molecule has 1 rings (SSSR count). The van der Waals surface area contributed by atoms with E-state index in [0.29, 0.717) is 18.5 Å². The largest absolute Gasteiger partial charge is 0.481 e. The molecule has 0 aliphatic rings. The van der Waals surface area contributed by atoms with Crippen LogP contribution in [-0.2, 0) is 11.2 Å². The van der Waals surface area contributed by atoms with Crippen LogP contribution in [0.2, 0.25) is 0 Å². The average Bonchev–Trinajstić information content (AvgIpc) is 2.34. The highest BCUT2D eigenvalue weighted by Gasteiger charge is 2.19. The maximum Gasteiger partial charge on any atom is 0.304 e. The summed E-state index contributed by atoms with van der Waals surface area (Å²) in [5, 5.41) is 8.78. The summed E-state index contributed by atoms with van der Waals surface area (Å²) in [4.78, 5) is 12.8. The van der Waals surface area contributed by atoms with Crippen molar-refractivity contribution in [2.24, 2.45) is 5.92 Å². The van der Waals surface area contributed by atoms with Crippen LogP contribution in [0.4, 0.5) is 0 Å². The van der Waals surface area contributed by atoms with Gasteiger partial charge < -0.3 is 10.0 Å². The van der Waals surface area contributed by atoms with Gasteiger partial charge in [-0.1, -0.05) is 43.7 Å². The van der Waals surface area contributed by atoms with Crippen molar-refractivity contribution in [3.05, 3.63) is 35.4 Å². The molecule has 1 aromatic rings. The van der Waals surface area contributed by atoms with E-state index < -0.39 is 5.97 Å². The zero-order valence-electron chi connectivity index (χ0n) is 12.4. The summed E-state index contributed by atoms with van der Waals surface area (Å²) in [5.41, 5.74) is 2.58. The second kappa shape index (κ2) is 7.29. The van der Waals surface area contributed by atoms with Crippen LogP contribution in [0.15, 0.2) is 24.3 Å². The molecule has 0 heterocycles. The minimum Gasteiger partial charge on any atom is -0.481 e. The van der Waals surface area contributed by atoms with Gasteiger partial charge in [-0.3, -0.25) is 4.79 Å². The van der Waals surface area contributed by atoms with Crippen molar-refractivity contribution < 1.29 is 9.90 Å².